The fraction of sp³-hybridized carbons (Fsp3) is 0.444. The van der Waals surface area contributed by atoms with Crippen molar-refractivity contribution in [1.82, 2.24) is 20.1 Å². The highest BCUT2D eigenvalue weighted by Crippen LogP contribution is 2.41. The van der Waals surface area contributed by atoms with Gasteiger partial charge in [0.1, 0.15) is 6.04 Å². The fourth-order valence-electron chi connectivity index (χ4n) is 7.89. The molecular formula is C45H49ClF12N4O9S3. The van der Waals surface area contributed by atoms with Crippen LogP contribution < -0.4 is 20.1 Å². The van der Waals surface area contributed by atoms with Crippen molar-refractivity contribution in [3.63, 3.8) is 0 Å². The number of carbonyl (C=O) groups is 1. The van der Waals surface area contributed by atoms with Gasteiger partial charge in [-0.2, -0.15) is 52.7 Å². The van der Waals surface area contributed by atoms with Crippen LogP contribution >= 0.6 is 10.7 Å². The summed E-state index contributed by atoms with van der Waals surface area (Å²) in [5.41, 5.74) is -7.29. The predicted molar refractivity (Wildman–Crippen MR) is 247 cm³/mol. The van der Waals surface area contributed by atoms with E-state index in [-0.39, 0.29) is 55.9 Å². The zero-order valence-electron chi connectivity index (χ0n) is 39.4. The van der Waals surface area contributed by atoms with E-state index in [1.165, 1.54) is 13.8 Å². The summed E-state index contributed by atoms with van der Waals surface area (Å²) in [7, 11) is -5.94. The number of alkyl halides is 12. The maximum Gasteiger partial charge on any atom is 0.416 e. The summed E-state index contributed by atoms with van der Waals surface area (Å²) in [6.07, 6.45) is -19.3. The van der Waals surface area contributed by atoms with Crippen LogP contribution in [0.3, 0.4) is 0 Å². The lowest BCUT2D eigenvalue weighted by Crippen LogP contribution is -2.43. The molecule has 0 spiro atoms. The van der Waals surface area contributed by atoms with Crippen molar-refractivity contribution in [1.29, 1.82) is 0 Å². The second-order valence-electron chi connectivity index (χ2n) is 17.5. The Hall–Kier alpha value is -4.55. The zero-order valence-corrected chi connectivity index (χ0v) is 42.6. The summed E-state index contributed by atoms with van der Waals surface area (Å²) in [6.45, 7) is 2.47. The minimum absolute atomic E-state index is 0.0281. The van der Waals surface area contributed by atoms with Crippen LogP contribution in [0.2, 0.25) is 0 Å². The molecule has 0 aromatic heterocycles. The molecule has 412 valence electrons. The number of hydrogen-bond donors (Lipinski definition) is 4. The molecule has 74 heavy (non-hydrogen) atoms. The molecule has 1 amide bonds. The minimum atomic E-state index is -5.01. The van der Waals surface area contributed by atoms with E-state index in [1.54, 1.807) is 60.7 Å². The molecule has 2 saturated heterocycles. The van der Waals surface area contributed by atoms with Crippen molar-refractivity contribution in [2.24, 2.45) is 0 Å². The van der Waals surface area contributed by atoms with E-state index >= 15 is 0 Å². The van der Waals surface area contributed by atoms with Crippen LogP contribution in [-0.2, 0) is 79.1 Å². The summed E-state index contributed by atoms with van der Waals surface area (Å²) < 4.78 is 240. The van der Waals surface area contributed by atoms with E-state index in [1.807, 2.05) is 0 Å². The molecule has 0 unspecified atom stereocenters. The van der Waals surface area contributed by atoms with E-state index in [4.69, 9.17) is 9.47 Å². The van der Waals surface area contributed by atoms with Crippen molar-refractivity contribution < 1.29 is 92.2 Å². The number of nitrogens with one attached hydrogen (secondary N) is 4. The lowest BCUT2D eigenvalue weighted by molar-refractivity contribution is -0.145. The van der Waals surface area contributed by atoms with Gasteiger partial charge in [0.2, 0.25) is 35.0 Å². The number of hydrogen-bond acceptors (Lipinski definition) is 10. The van der Waals surface area contributed by atoms with Crippen LogP contribution in [0.5, 0.6) is 0 Å². The van der Waals surface area contributed by atoms with Gasteiger partial charge in [0.15, 0.2) is 0 Å². The van der Waals surface area contributed by atoms with Crippen molar-refractivity contribution in [3.8, 4) is 0 Å². The molecule has 4 N–H and O–H groups in total. The van der Waals surface area contributed by atoms with Crippen molar-refractivity contribution in [2.45, 2.75) is 86.8 Å². The molecule has 0 radical (unpaired) electrons. The van der Waals surface area contributed by atoms with Crippen LogP contribution in [0.1, 0.15) is 83.4 Å². The molecule has 0 saturated carbocycles. The molecule has 13 nitrogen and oxygen atoms in total. The molecule has 4 aromatic carbocycles. The van der Waals surface area contributed by atoms with E-state index in [0.717, 1.165) is 24.3 Å². The number of sulfonamides is 2. The summed E-state index contributed by atoms with van der Waals surface area (Å²) in [4.78, 5) is 12.5. The third kappa shape index (κ3) is 18.6. The Morgan fingerprint density at radius 3 is 1.26 bits per heavy atom. The van der Waals surface area contributed by atoms with Crippen molar-refractivity contribution in [3.05, 3.63) is 142 Å². The molecule has 0 aliphatic carbocycles. The second kappa shape index (κ2) is 23.4. The van der Waals surface area contributed by atoms with Gasteiger partial charge in [-0.05, 0) is 78.9 Å². The fourth-order valence-corrected chi connectivity index (χ4v) is 9.37. The average molecular weight is 1150 g/mol. The maximum atomic E-state index is 13.2. The van der Waals surface area contributed by atoms with E-state index < -0.39 is 117 Å². The van der Waals surface area contributed by atoms with E-state index in [9.17, 15) is 82.7 Å². The monoisotopic (exact) mass is 1150 g/mol. The molecule has 6 atom stereocenters. The smallest absolute Gasteiger partial charge is 0.372 e. The molecule has 4 aromatic rings. The highest BCUT2D eigenvalue weighted by molar-refractivity contribution is 8.13. The van der Waals surface area contributed by atoms with Gasteiger partial charge >= 0.3 is 24.7 Å². The predicted octanol–water partition coefficient (Wildman–Crippen LogP) is 8.93. The SMILES string of the molecule is CS(=O)(=O)Cl.C[C@@H](OC[C@@]1(c2ccccc2)C[C@H](NS(C)(=O)=O)C(=O)N1)c1cc(C(F)(F)F)cc(C(F)(F)F)c1.C[C@@H](OC[C@@]1(c2ccccc2)C[C@H](NS(C)(=O)=O)CN1)c1cc(C(F)(F)F)cc(C(F)(F)F)c1. The Labute approximate surface area is 423 Å². The summed E-state index contributed by atoms with van der Waals surface area (Å²) in [6, 6.07) is 18.1. The highest BCUT2D eigenvalue weighted by atomic mass is 35.7. The first kappa shape index (κ1) is 62.0. The Kier molecular flexibility index (Phi) is 19.6. The normalized spacial score (nSPS) is 21.7. The Balaban J connectivity index is 0.000000294. The largest absolute Gasteiger partial charge is 0.416 e. The standard InChI is InChI=1S/C22H22F6N2O4S.C22H24F6N2O3S.CH3ClO2S/c1-13(14-8-16(21(23,24)25)10-17(9-14)22(26,27)28)34-12-20(15-6-4-3-5-7-15)11-18(19(31)29-20)30-35(2,32)33;1-14(15-8-17(21(23,24)25)10-18(9-15)22(26,27)28)33-13-20(16-6-4-3-5-7-16)11-19(12-29-20)30-34(2,31)32;1-5(2,3)4/h3-10,13,18,30H,11-12H2,1-2H3,(H,29,31);3-10,14,19,29-30H,11-13H2,1-2H3;1H3/t13-,18+,20-;14-,19+,20-;/m11./s1. The number of benzene rings is 4. The first-order valence-corrected chi connectivity index (χ1v) is 27.9. The molecule has 2 fully saturated rings. The topological polar surface area (TPSA) is 186 Å². The quantitative estimate of drug-likeness (QED) is 0.0702. The summed E-state index contributed by atoms with van der Waals surface area (Å²) in [5.74, 6) is -0.644. The first-order chi connectivity index (χ1) is 33.6. The zero-order chi connectivity index (χ0) is 56.1. The highest BCUT2D eigenvalue weighted by Gasteiger charge is 2.48. The molecule has 2 heterocycles. The number of amides is 1. The molecule has 2 aliphatic rings. The van der Waals surface area contributed by atoms with Crippen molar-refractivity contribution in [2.75, 3.05) is 38.5 Å². The molecule has 2 aliphatic heterocycles. The lowest BCUT2D eigenvalue weighted by Gasteiger charge is -2.32. The van der Waals surface area contributed by atoms with Crippen LogP contribution in [0.4, 0.5) is 52.7 Å². The summed E-state index contributed by atoms with van der Waals surface area (Å²) >= 11 is 0. The van der Waals surface area contributed by atoms with Crippen molar-refractivity contribution >= 4 is 45.7 Å². The lowest BCUT2D eigenvalue weighted by atomic mass is 9.88. The van der Waals surface area contributed by atoms with Gasteiger partial charge in [-0.1, -0.05) is 60.7 Å². The van der Waals surface area contributed by atoms with Crippen LogP contribution in [0.25, 0.3) is 0 Å². The third-order valence-electron chi connectivity index (χ3n) is 11.2. The number of carbonyl (C=O) groups excluding carboxylic acids is 1. The Morgan fingerprint density at radius 1 is 0.581 bits per heavy atom. The number of halogens is 13. The van der Waals surface area contributed by atoms with Gasteiger partial charge in [-0.15, -0.1) is 0 Å². The maximum absolute atomic E-state index is 13.2. The number of rotatable bonds is 14. The van der Waals surface area contributed by atoms with Crippen LogP contribution in [0.15, 0.2) is 97.1 Å². The third-order valence-corrected chi connectivity index (χ3v) is 12.7. The second-order valence-corrected chi connectivity index (χ2v) is 24.1. The molecular weight excluding hydrogens is 1100 g/mol. The van der Waals surface area contributed by atoms with Crippen LogP contribution in [0, 0.1) is 0 Å². The molecule has 0 bridgehead atoms. The Morgan fingerprint density at radius 2 is 0.919 bits per heavy atom. The van der Waals surface area contributed by atoms with E-state index in [2.05, 4.69) is 30.8 Å². The van der Waals surface area contributed by atoms with Crippen LogP contribution in [-0.4, -0.2) is 81.8 Å². The van der Waals surface area contributed by atoms with Gasteiger partial charge < -0.3 is 20.1 Å². The number of ether oxygens (including phenoxy) is 2. The minimum Gasteiger partial charge on any atom is -0.372 e. The van der Waals surface area contributed by atoms with Gasteiger partial charge in [0, 0.05) is 29.7 Å². The van der Waals surface area contributed by atoms with Gasteiger partial charge in [0.05, 0.1) is 77.5 Å². The van der Waals surface area contributed by atoms with Gasteiger partial charge in [0.25, 0.3) is 0 Å². The summed E-state index contributed by atoms with van der Waals surface area (Å²) in [5, 5.41) is 5.91. The molecule has 29 heteroatoms. The average Bonchev–Trinajstić information content (AvgIpc) is 3.82. The Bertz CT molecular complexity index is 2850. The first-order valence-electron chi connectivity index (χ1n) is 21.4. The van der Waals surface area contributed by atoms with Gasteiger partial charge in [-0.3, -0.25) is 4.79 Å². The molecule has 6 rings (SSSR count). The van der Waals surface area contributed by atoms with E-state index in [0.29, 0.717) is 29.8 Å². The van der Waals surface area contributed by atoms with Gasteiger partial charge in [-0.25, -0.2) is 34.7 Å².